The molecule has 0 aliphatic heterocycles. The number of hydrogen-bond acceptors (Lipinski definition) is 2. The number of ether oxygens (including phenoxy) is 1. The Hall–Kier alpha value is -1.02. The van der Waals surface area contributed by atoms with Crippen LogP contribution in [0.5, 0.6) is 5.75 Å². The molecule has 0 unspecified atom stereocenters. The fourth-order valence-electron chi connectivity index (χ4n) is 2.88. The molecule has 0 aromatic heterocycles. The van der Waals surface area contributed by atoms with Crippen LogP contribution in [0.4, 0.5) is 0 Å². The molecule has 1 aliphatic rings. The number of hydrogen-bond donors (Lipinski definition) is 1. The van der Waals surface area contributed by atoms with Crippen LogP contribution in [-0.2, 0) is 6.42 Å². The molecule has 21 heavy (non-hydrogen) atoms. The maximum Gasteiger partial charge on any atom is 0.119 e. The topological polar surface area (TPSA) is 21.3 Å². The van der Waals surface area contributed by atoms with Gasteiger partial charge in [0, 0.05) is 11.6 Å². The molecule has 1 aromatic rings. The minimum absolute atomic E-state index is 0.199. The smallest absolute Gasteiger partial charge is 0.119 e. The summed E-state index contributed by atoms with van der Waals surface area (Å²) in [6, 6.07) is 9.24. The van der Waals surface area contributed by atoms with E-state index in [9.17, 15) is 0 Å². The summed E-state index contributed by atoms with van der Waals surface area (Å²) in [5.41, 5.74) is 1.92. The van der Waals surface area contributed by atoms with Gasteiger partial charge in [0.2, 0.25) is 0 Å². The van der Waals surface area contributed by atoms with E-state index in [1.165, 1.54) is 5.56 Å². The lowest BCUT2D eigenvalue weighted by molar-refractivity contribution is 0.0734. The van der Waals surface area contributed by atoms with Gasteiger partial charge in [0.05, 0.1) is 0 Å². The van der Waals surface area contributed by atoms with Crippen molar-refractivity contribution in [2.75, 3.05) is 0 Å². The molecule has 1 aliphatic carbocycles. The maximum atomic E-state index is 6.04. The van der Waals surface area contributed by atoms with Crippen molar-refractivity contribution in [3.8, 4) is 5.75 Å². The van der Waals surface area contributed by atoms with Gasteiger partial charge in [0.25, 0.3) is 0 Å². The first-order valence-electron chi connectivity index (χ1n) is 8.14. The van der Waals surface area contributed by atoms with Crippen molar-refractivity contribution in [1.29, 1.82) is 0 Å². The highest BCUT2D eigenvalue weighted by Crippen LogP contribution is 2.28. The van der Waals surface area contributed by atoms with Crippen molar-refractivity contribution < 1.29 is 4.74 Å². The van der Waals surface area contributed by atoms with E-state index >= 15 is 0 Å². The predicted molar refractivity (Wildman–Crippen MR) is 89.9 cm³/mol. The molecule has 118 valence electrons. The minimum atomic E-state index is 0.199. The summed E-state index contributed by atoms with van der Waals surface area (Å²) < 4.78 is 6.04. The average Bonchev–Trinajstić information content (AvgIpc) is 2.25. The summed E-state index contributed by atoms with van der Waals surface area (Å²) in [7, 11) is 0. The van der Waals surface area contributed by atoms with Crippen molar-refractivity contribution in [2.24, 2.45) is 5.41 Å². The third-order valence-electron chi connectivity index (χ3n) is 3.69. The summed E-state index contributed by atoms with van der Waals surface area (Å²) >= 11 is 0. The molecule has 2 nitrogen and oxygen atoms in total. The molecule has 0 radical (unpaired) electrons. The molecule has 2 heteroatoms. The van der Waals surface area contributed by atoms with Crippen LogP contribution >= 0.6 is 0 Å². The van der Waals surface area contributed by atoms with Gasteiger partial charge >= 0.3 is 0 Å². The van der Waals surface area contributed by atoms with E-state index in [1.54, 1.807) is 0 Å². The van der Waals surface area contributed by atoms with Crippen molar-refractivity contribution in [1.82, 2.24) is 5.32 Å². The maximum absolute atomic E-state index is 6.04. The first-order valence-corrected chi connectivity index (χ1v) is 8.14. The summed E-state index contributed by atoms with van der Waals surface area (Å²) in [6.45, 7) is 13.5. The van der Waals surface area contributed by atoms with E-state index in [4.69, 9.17) is 4.74 Å². The van der Waals surface area contributed by atoms with E-state index in [1.807, 2.05) is 0 Å². The number of rotatable bonds is 4. The highest BCUT2D eigenvalue weighted by atomic mass is 16.5. The lowest BCUT2D eigenvalue weighted by Gasteiger charge is -2.40. The molecular formula is C19H31NO. The Kier molecular flexibility index (Phi) is 4.67. The summed E-state index contributed by atoms with van der Waals surface area (Å²) in [5.74, 6) is 1.01. The van der Waals surface area contributed by atoms with Crippen molar-refractivity contribution >= 4 is 0 Å². The van der Waals surface area contributed by atoms with Gasteiger partial charge < -0.3 is 10.1 Å². The third-order valence-corrected chi connectivity index (χ3v) is 3.69. The SMILES string of the molecule is CC(C)(C)Cc1ccc(O[C@H]2C[C@H](NC(C)(C)C)C2)cc1. The van der Waals surface area contributed by atoms with Crippen LogP contribution in [0.25, 0.3) is 0 Å². The molecule has 0 heterocycles. The summed E-state index contributed by atoms with van der Waals surface area (Å²) in [6.07, 6.45) is 3.70. The molecule has 1 fully saturated rings. The third kappa shape index (κ3) is 5.70. The standard InChI is InChI=1S/C19H31NO/c1-18(2,3)13-14-7-9-16(10-8-14)21-17-11-15(12-17)20-19(4,5)6/h7-10,15,17,20H,11-13H2,1-6H3/t15-,17-. The van der Waals surface area contributed by atoms with Crippen LogP contribution < -0.4 is 10.1 Å². The quantitative estimate of drug-likeness (QED) is 0.876. The van der Waals surface area contributed by atoms with Gasteiger partial charge in [0.15, 0.2) is 0 Å². The molecular weight excluding hydrogens is 258 g/mol. The number of nitrogens with one attached hydrogen (secondary N) is 1. The van der Waals surface area contributed by atoms with Gasteiger partial charge in [-0.3, -0.25) is 0 Å². The Morgan fingerprint density at radius 2 is 1.57 bits per heavy atom. The van der Waals surface area contributed by atoms with Crippen molar-refractivity contribution in [3.05, 3.63) is 29.8 Å². The van der Waals surface area contributed by atoms with Crippen LogP contribution in [0.2, 0.25) is 0 Å². The average molecular weight is 289 g/mol. The monoisotopic (exact) mass is 289 g/mol. The molecule has 1 saturated carbocycles. The highest BCUT2D eigenvalue weighted by molar-refractivity contribution is 5.28. The zero-order chi connectivity index (χ0) is 15.7. The van der Waals surface area contributed by atoms with Crippen LogP contribution in [-0.4, -0.2) is 17.7 Å². The van der Waals surface area contributed by atoms with Gasteiger partial charge in [-0.25, -0.2) is 0 Å². The van der Waals surface area contributed by atoms with Gasteiger partial charge in [0.1, 0.15) is 11.9 Å². The summed E-state index contributed by atoms with van der Waals surface area (Å²) in [4.78, 5) is 0. The Morgan fingerprint density at radius 1 is 1.00 bits per heavy atom. The van der Waals surface area contributed by atoms with Gasteiger partial charge in [-0.2, -0.15) is 0 Å². The second kappa shape index (κ2) is 6.00. The Bertz CT molecular complexity index is 444. The lowest BCUT2D eigenvalue weighted by atomic mass is 9.87. The Morgan fingerprint density at radius 3 is 2.05 bits per heavy atom. The fraction of sp³-hybridized carbons (Fsp3) is 0.684. The van der Waals surface area contributed by atoms with E-state index in [0.29, 0.717) is 17.6 Å². The van der Waals surface area contributed by atoms with Crippen LogP contribution in [0.1, 0.15) is 59.9 Å². The zero-order valence-electron chi connectivity index (χ0n) is 14.5. The second-order valence-corrected chi connectivity index (χ2v) is 8.68. The van der Waals surface area contributed by atoms with E-state index in [2.05, 4.69) is 71.1 Å². The van der Waals surface area contributed by atoms with Gasteiger partial charge in [-0.15, -0.1) is 0 Å². The molecule has 0 bridgehead atoms. The lowest BCUT2D eigenvalue weighted by Crippen LogP contribution is -2.53. The highest BCUT2D eigenvalue weighted by Gasteiger charge is 2.33. The molecule has 2 rings (SSSR count). The molecule has 1 aromatic carbocycles. The van der Waals surface area contributed by atoms with Crippen LogP contribution in [0, 0.1) is 5.41 Å². The molecule has 0 spiro atoms. The number of benzene rings is 1. The van der Waals surface area contributed by atoms with Crippen LogP contribution in [0.15, 0.2) is 24.3 Å². The second-order valence-electron chi connectivity index (χ2n) is 8.68. The Labute approximate surface area is 130 Å². The normalized spacial score (nSPS) is 22.8. The van der Waals surface area contributed by atoms with E-state index < -0.39 is 0 Å². The predicted octanol–water partition coefficient (Wildman–Crippen LogP) is 4.57. The molecule has 0 saturated heterocycles. The largest absolute Gasteiger partial charge is 0.490 e. The fourth-order valence-corrected chi connectivity index (χ4v) is 2.88. The van der Waals surface area contributed by atoms with E-state index in [-0.39, 0.29) is 5.54 Å². The first-order chi connectivity index (χ1) is 9.61. The first kappa shape index (κ1) is 16.4. The van der Waals surface area contributed by atoms with Gasteiger partial charge in [-0.1, -0.05) is 32.9 Å². The van der Waals surface area contributed by atoms with Crippen molar-refractivity contribution in [2.45, 2.75) is 78.5 Å². The molecule has 0 amide bonds. The summed E-state index contributed by atoms with van der Waals surface area (Å²) in [5, 5.41) is 3.63. The zero-order valence-corrected chi connectivity index (χ0v) is 14.5. The molecule has 1 N–H and O–H groups in total. The van der Waals surface area contributed by atoms with Crippen molar-refractivity contribution in [3.63, 3.8) is 0 Å². The minimum Gasteiger partial charge on any atom is -0.490 e. The molecule has 0 atom stereocenters. The van der Waals surface area contributed by atoms with Crippen LogP contribution in [0.3, 0.4) is 0 Å². The van der Waals surface area contributed by atoms with E-state index in [0.717, 1.165) is 25.0 Å². The van der Waals surface area contributed by atoms with Gasteiger partial charge in [-0.05, 0) is 63.1 Å². The Balaban J connectivity index is 1.78.